The summed E-state index contributed by atoms with van der Waals surface area (Å²) >= 11 is 6.18. The number of nitrogen functional groups attached to an aromatic ring is 1. The van der Waals surface area contributed by atoms with Gasteiger partial charge in [0.15, 0.2) is 11.5 Å². The molecule has 0 radical (unpaired) electrons. The van der Waals surface area contributed by atoms with Crippen molar-refractivity contribution in [2.75, 3.05) is 36.8 Å². The quantitative estimate of drug-likeness (QED) is 0.636. The average Bonchev–Trinajstić information content (AvgIpc) is 3.06. The lowest BCUT2D eigenvalue weighted by molar-refractivity contribution is -0.141. The molecular formula is C21H20ClF3N6O. The minimum absolute atomic E-state index is 0.186. The van der Waals surface area contributed by atoms with E-state index in [0.29, 0.717) is 44.1 Å². The van der Waals surface area contributed by atoms with Gasteiger partial charge >= 0.3 is 6.18 Å². The molecule has 32 heavy (non-hydrogen) atoms. The molecule has 1 amide bonds. The van der Waals surface area contributed by atoms with Crippen LogP contribution in [0, 0.1) is 0 Å². The molecule has 0 bridgehead atoms. The second-order valence-corrected chi connectivity index (χ2v) is 7.73. The number of nitrogens with two attached hydrogens (primary N) is 1. The first-order chi connectivity index (χ1) is 15.3. The Hall–Kier alpha value is -3.27. The Morgan fingerprint density at radius 3 is 2.56 bits per heavy atom. The van der Waals surface area contributed by atoms with Gasteiger partial charge in [0.05, 0.1) is 16.4 Å². The second kappa shape index (κ2) is 8.70. The molecule has 1 aliphatic heterocycles. The normalized spacial score (nSPS) is 15.0. The van der Waals surface area contributed by atoms with E-state index in [1.165, 1.54) is 17.0 Å². The summed E-state index contributed by atoms with van der Waals surface area (Å²) in [6.07, 6.45) is -2.46. The lowest BCUT2D eigenvalue weighted by Gasteiger charge is -2.24. The summed E-state index contributed by atoms with van der Waals surface area (Å²) < 4.78 is 41.1. The van der Waals surface area contributed by atoms with Gasteiger partial charge < -0.3 is 15.5 Å². The number of carbonyl (C=O) groups is 1. The third-order valence-electron chi connectivity index (χ3n) is 5.20. The maximum Gasteiger partial charge on any atom is 0.435 e. The molecular weight excluding hydrogens is 445 g/mol. The maximum absolute atomic E-state index is 13.4. The highest BCUT2D eigenvalue weighted by Crippen LogP contribution is 2.31. The highest BCUT2D eigenvalue weighted by Gasteiger charge is 2.37. The van der Waals surface area contributed by atoms with Crippen molar-refractivity contribution < 1.29 is 18.0 Å². The molecule has 7 nitrogen and oxygen atoms in total. The largest absolute Gasteiger partial charge is 0.435 e. The van der Waals surface area contributed by atoms with Gasteiger partial charge in [0.1, 0.15) is 5.69 Å². The Kier molecular flexibility index (Phi) is 5.96. The second-order valence-electron chi connectivity index (χ2n) is 7.32. The number of aromatic nitrogens is 3. The van der Waals surface area contributed by atoms with Crippen LogP contribution in [0.1, 0.15) is 22.6 Å². The van der Waals surface area contributed by atoms with Gasteiger partial charge in [0.25, 0.3) is 5.91 Å². The van der Waals surface area contributed by atoms with Crippen LogP contribution in [0.15, 0.2) is 48.7 Å². The smallest absolute Gasteiger partial charge is 0.396 e. The van der Waals surface area contributed by atoms with E-state index in [1.54, 1.807) is 30.5 Å². The van der Waals surface area contributed by atoms with E-state index in [-0.39, 0.29) is 16.4 Å². The Morgan fingerprint density at radius 2 is 1.84 bits per heavy atom. The number of carbonyl (C=O) groups excluding carboxylic acids is 1. The number of halogens is 4. The van der Waals surface area contributed by atoms with Crippen molar-refractivity contribution in [2.24, 2.45) is 0 Å². The van der Waals surface area contributed by atoms with Crippen LogP contribution in [0.3, 0.4) is 0 Å². The summed E-state index contributed by atoms with van der Waals surface area (Å²) in [7, 11) is 0. The molecule has 168 valence electrons. The predicted molar refractivity (Wildman–Crippen MR) is 115 cm³/mol. The summed E-state index contributed by atoms with van der Waals surface area (Å²) in [6.45, 7) is 1.73. The molecule has 4 rings (SSSR count). The number of alkyl halides is 3. The van der Waals surface area contributed by atoms with Gasteiger partial charge in [-0.05, 0) is 30.7 Å². The standard InChI is InChI=1S/C21H20ClF3N6O/c22-14-5-1-2-7-16(14)31-17(13-18(28-31)21(23,24)25)20(32)30-10-4-9-29(11-12-30)19-15(26)6-3-8-27-19/h1-3,5-8,13H,4,9-12,26H2. The first kappa shape index (κ1) is 21.9. The number of anilines is 2. The van der Waals surface area contributed by atoms with Crippen molar-refractivity contribution in [1.29, 1.82) is 0 Å². The monoisotopic (exact) mass is 464 g/mol. The SMILES string of the molecule is Nc1cccnc1N1CCCN(C(=O)c2cc(C(F)(F)F)nn2-c2ccccc2Cl)CC1. The number of benzene rings is 1. The number of amides is 1. The summed E-state index contributed by atoms with van der Waals surface area (Å²) in [4.78, 5) is 21.1. The van der Waals surface area contributed by atoms with Gasteiger partial charge in [-0.3, -0.25) is 4.79 Å². The Morgan fingerprint density at radius 1 is 1.06 bits per heavy atom. The molecule has 11 heteroatoms. The van der Waals surface area contributed by atoms with E-state index in [0.717, 1.165) is 10.7 Å². The highest BCUT2D eigenvalue weighted by molar-refractivity contribution is 6.32. The molecule has 2 aromatic heterocycles. The molecule has 3 aromatic rings. The van der Waals surface area contributed by atoms with Crippen LogP contribution < -0.4 is 10.6 Å². The van der Waals surface area contributed by atoms with E-state index in [1.807, 2.05) is 4.90 Å². The minimum Gasteiger partial charge on any atom is -0.396 e. The van der Waals surface area contributed by atoms with E-state index in [9.17, 15) is 18.0 Å². The average molecular weight is 465 g/mol. The van der Waals surface area contributed by atoms with Crippen molar-refractivity contribution in [2.45, 2.75) is 12.6 Å². The van der Waals surface area contributed by atoms with Crippen molar-refractivity contribution in [3.8, 4) is 5.69 Å². The van der Waals surface area contributed by atoms with Crippen LogP contribution in [-0.2, 0) is 6.18 Å². The van der Waals surface area contributed by atoms with Crippen molar-refractivity contribution in [3.05, 3.63) is 65.1 Å². The van der Waals surface area contributed by atoms with E-state index in [4.69, 9.17) is 17.3 Å². The summed E-state index contributed by atoms with van der Waals surface area (Å²) in [5.41, 5.74) is 5.39. The molecule has 2 N–H and O–H groups in total. The fourth-order valence-electron chi connectivity index (χ4n) is 3.65. The maximum atomic E-state index is 13.4. The molecule has 1 aliphatic rings. The number of hydrogen-bond acceptors (Lipinski definition) is 5. The highest BCUT2D eigenvalue weighted by atomic mass is 35.5. The molecule has 0 saturated carbocycles. The van der Waals surface area contributed by atoms with Crippen LogP contribution in [0.25, 0.3) is 5.69 Å². The van der Waals surface area contributed by atoms with Crippen molar-refractivity contribution in [3.63, 3.8) is 0 Å². The van der Waals surface area contributed by atoms with Gasteiger partial charge in [-0.25, -0.2) is 9.67 Å². The predicted octanol–water partition coefficient (Wildman–Crippen LogP) is 3.87. The lowest BCUT2D eigenvalue weighted by atomic mass is 10.2. The number of nitrogens with zero attached hydrogens (tertiary/aromatic N) is 5. The third-order valence-corrected chi connectivity index (χ3v) is 5.52. The topological polar surface area (TPSA) is 80.3 Å². The Balaban J connectivity index is 1.63. The molecule has 0 aliphatic carbocycles. The lowest BCUT2D eigenvalue weighted by Crippen LogP contribution is -2.36. The summed E-state index contributed by atoms with van der Waals surface area (Å²) in [5, 5.41) is 3.83. The first-order valence-electron chi connectivity index (χ1n) is 9.92. The molecule has 1 aromatic carbocycles. The van der Waals surface area contributed by atoms with Crippen LogP contribution in [-0.4, -0.2) is 51.8 Å². The molecule has 0 unspecified atom stereocenters. The van der Waals surface area contributed by atoms with Crippen molar-refractivity contribution >= 4 is 29.0 Å². The molecule has 3 heterocycles. The molecule has 1 fully saturated rings. The van der Waals surface area contributed by atoms with Crippen LogP contribution in [0.4, 0.5) is 24.7 Å². The number of hydrogen-bond donors (Lipinski definition) is 1. The van der Waals surface area contributed by atoms with Gasteiger partial charge in [-0.2, -0.15) is 18.3 Å². The fourth-order valence-corrected chi connectivity index (χ4v) is 3.86. The van der Waals surface area contributed by atoms with Crippen LogP contribution >= 0.6 is 11.6 Å². The van der Waals surface area contributed by atoms with Gasteiger partial charge in [0.2, 0.25) is 0 Å². The molecule has 1 saturated heterocycles. The number of pyridine rings is 1. The zero-order chi connectivity index (χ0) is 22.9. The van der Waals surface area contributed by atoms with E-state index < -0.39 is 17.8 Å². The van der Waals surface area contributed by atoms with Crippen LogP contribution in [0.5, 0.6) is 0 Å². The Labute approximate surface area is 187 Å². The van der Waals surface area contributed by atoms with Crippen molar-refractivity contribution in [1.82, 2.24) is 19.7 Å². The first-order valence-corrected chi connectivity index (χ1v) is 10.3. The number of para-hydroxylation sites is 1. The third kappa shape index (κ3) is 4.36. The van der Waals surface area contributed by atoms with Crippen LogP contribution in [0.2, 0.25) is 5.02 Å². The summed E-state index contributed by atoms with van der Waals surface area (Å²) in [5.74, 6) is 0.0750. The van der Waals surface area contributed by atoms with Gasteiger partial charge in [-0.15, -0.1) is 0 Å². The summed E-state index contributed by atoms with van der Waals surface area (Å²) in [6, 6.07) is 10.6. The number of rotatable bonds is 3. The molecule has 0 spiro atoms. The van der Waals surface area contributed by atoms with E-state index in [2.05, 4.69) is 10.1 Å². The Bertz CT molecular complexity index is 1130. The minimum atomic E-state index is -4.70. The zero-order valence-electron chi connectivity index (χ0n) is 16.9. The van der Waals surface area contributed by atoms with Gasteiger partial charge in [-0.1, -0.05) is 23.7 Å². The molecule has 0 atom stereocenters. The van der Waals surface area contributed by atoms with E-state index >= 15 is 0 Å². The van der Waals surface area contributed by atoms with Gasteiger partial charge in [0, 0.05) is 38.4 Å². The fraction of sp³-hybridized carbons (Fsp3) is 0.286. The zero-order valence-corrected chi connectivity index (χ0v) is 17.6.